The van der Waals surface area contributed by atoms with Crippen LogP contribution in [-0.4, -0.2) is 58.5 Å². The minimum absolute atomic E-state index is 0.157. The van der Waals surface area contributed by atoms with Crippen molar-refractivity contribution in [2.45, 2.75) is 51.7 Å². The fourth-order valence-electron chi connectivity index (χ4n) is 2.10. The van der Waals surface area contributed by atoms with Crippen molar-refractivity contribution in [3.63, 3.8) is 0 Å². The zero-order chi connectivity index (χ0) is 16.9. The number of nitrogens with zero attached hydrogens (tertiary/aromatic N) is 1. The van der Waals surface area contributed by atoms with Crippen molar-refractivity contribution < 1.29 is 29.0 Å². The van der Waals surface area contributed by atoms with Gasteiger partial charge in [0.25, 0.3) is 0 Å². The van der Waals surface area contributed by atoms with Crippen molar-refractivity contribution in [1.82, 2.24) is 10.2 Å². The first-order chi connectivity index (χ1) is 10.1. The summed E-state index contributed by atoms with van der Waals surface area (Å²) in [5.74, 6) is -1.89. The minimum Gasteiger partial charge on any atom is -0.480 e. The number of nitrogens with one attached hydrogen (secondary N) is 1. The SMILES string of the molecule is CC(C)(C)OC(=O)NCCC[C@@H](C(=O)O)N1CC(=O)CC1=O. The highest BCUT2D eigenvalue weighted by Gasteiger charge is 2.36. The van der Waals surface area contributed by atoms with E-state index in [1.165, 1.54) is 0 Å². The number of hydrogen-bond acceptors (Lipinski definition) is 5. The summed E-state index contributed by atoms with van der Waals surface area (Å²) in [5, 5.41) is 11.7. The van der Waals surface area contributed by atoms with Crippen LogP contribution < -0.4 is 5.32 Å². The number of carbonyl (C=O) groups is 4. The summed E-state index contributed by atoms with van der Waals surface area (Å²) in [4.78, 5) is 46.5. The van der Waals surface area contributed by atoms with E-state index >= 15 is 0 Å². The molecule has 0 unspecified atom stereocenters. The molecular weight excluding hydrogens is 292 g/mol. The van der Waals surface area contributed by atoms with Crippen LogP contribution in [0.15, 0.2) is 0 Å². The summed E-state index contributed by atoms with van der Waals surface area (Å²) in [6.07, 6.45) is -0.301. The first kappa shape index (κ1) is 17.9. The lowest BCUT2D eigenvalue weighted by Crippen LogP contribution is -2.43. The van der Waals surface area contributed by atoms with Gasteiger partial charge in [-0.25, -0.2) is 9.59 Å². The molecule has 22 heavy (non-hydrogen) atoms. The van der Waals surface area contributed by atoms with Crippen LogP contribution in [0, 0.1) is 0 Å². The number of carbonyl (C=O) groups excluding carboxylic acids is 3. The first-order valence-corrected chi connectivity index (χ1v) is 7.11. The molecule has 8 heteroatoms. The second-order valence-corrected chi connectivity index (χ2v) is 6.16. The Kier molecular flexibility index (Phi) is 5.90. The van der Waals surface area contributed by atoms with Crippen molar-refractivity contribution >= 4 is 23.8 Å². The van der Waals surface area contributed by atoms with Crippen molar-refractivity contribution in [3.8, 4) is 0 Å². The van der Waals surface area contributed by atoms with E-state index in [1.807, 2.05) is 0 Å². The molecule has 124 valence electrons. The number of rotatable bonds is 6. The van der Waals surface area contributed by atoms with Crippen LogP contribution in [0.4, 0.5) is 4.79 Å². The molecule has 0 aromatic rings. The highest BCUT2D eigenvalue weighted by molar-refractivity contribution is 6.06. The van der Waals surface area contributed by atoms with Crippen LogP contribution in [-0.2, 0) is 19.1 Å². The number of carboxylic acid groups (broad SMARTS) is 1. The quantitative estimate of drug-likeness (QED) is 0.546. The number of ether oxygens (including phenoxy) is 1. The van der Waals surface area contributed by atoms with E-state index in [0.29, 0.717) is 6.42 Å². The maximum atomic E-state index is 11.6. The second-order valence-electron chi connectivity index (χ2n) is 6.16. The number of carboxylic acids is 1. The normalized spacial score (nSPS) is 16.6. The minimum atomic E-state index is -1.15. The average Bonchev–Trinajstić information content (AvgIpc) is 2.65. The maximum absolute atomic E-state index is 11.6. The van der Waals surface area contributed by atoms with Crippen LogP contribution in [0.25, 0.3) is 0 Å². The van der Waals surface area contributed by atoms with Crippen LogP contribution in [0.2, 0.25) is 0 Å². The highest BCUT2D eigenvalue weighted by atomic mass is 16.6. The zero-order valence-corrected chi connectivity index (χ0v) is 13.0. The molecule has 1 saturated heterocycles. The fourth-order valence-corrected chi connectivity index (χ4v) is 2.10. The zero-order valence-electron chi connectivity index (χ0n) is 13.0. The van der Waals surface area contributed by atoms with Crippen LogP contribution >= 0.6 is 0 Å². The highest BCUT2D eigenvalue weighted by Crippen LogP contribution is 2.15. The Hall–Kier alpha value is -2.12. The Morgan fingerprint density at radius 1 is 1.36 bits per heavy atom. The van der Waals surface area contributed by atoms with Crippen molar-refractivity contribution in [2.75, 3.05) is 13.1 Å². The van der Waals surface area contributed by atoms with Crippen LogP contribution in [0.1, 0.15) is 40.0 Å². The number of hydrogen-bond donors (Lipinski definition) is 2. The largest absolute Gasteiger partial charge is 0.480 e. The predicted molar refractivity (Wildman–Crippen MR) is 76.2 cm³/mol. The number of aliphatic carboxylic acids is 1. The molecular formula is C14H22N2O6. The van der Waals surface area contributed by atoms with Crippen molar-refractivity contribution in [3.05, 3.63) is 0 Å². The molecule has 0 saturated carbocycles. The van der Waals surface area contributed by atoms with Gasteiger partial charge in [-0.05, 0) is 33.6 Å². The van der Waals surface area contributed by atoms with E-state index < -0.39 is 29.6 Å². The molecule has 8 nitrogen and oxygen atoms in total. The smallest absolute Gasteiger partial charge is 0.407 e. The van der Waals surface area contributed by atoms with Gasteiger partial charge < -0.3 is 20.1 Å². The van der Waals surface area contributed by atoms with Crippen molar-refractivity contribution in [1.29, 1.82) is 0 Å². The third-order valence-corrected chi connectivity index (χ3v) is 3.00. The van der Waals surface area contributed by atoms with Gasteiger partial charge in [-0.15, -0.1) is 0 Å². The molecule has 0 radical (unpaired) electrons. The lowest BCUT2D eigenvalue weighted by atomic mass is 10.1. The van der Waals surface area contributed by atoms with Crippen molar-refractivity contribution in [2.24, 2.45) is 0 Å². The third kappa shape index (κ3) is 5.71. The molecule has 1 aliphatic heterocycles. The van der Waals surface area contributed by atoms with Gasteiger partial charge in [0.15, 0.2) is 5.78 Å². The average molecular weight is 314 g/mol. The standard InChI is InChI=1S/C14H22N2O6/c1-14(2,3)22-13(21)15-6-4-5-10(12(19)20)16-8-9(17)7-11(16)18/h10H,4-8H2,1-3H3,(H,15,21)(H,19,20)/t10-/m0/s1. The van der Waals surface area contributed by atoms with E-state index in [-0.39, 0.29) is 31.7 Å². The summed E-state index contributed by atoms with van der Waals surface area (Å²) < 4.78 is 5.05. The van der Waals surface area contributed by atoms with Gasteiger partial charge in [0.05, 0.1) is 13.0 Å². The van der Waals surface area contributed by atoms with Gasteiger partial charge in [-0.1, -0.05) is 0 Å². The Labute approximate surface area is 128 Å². The fraction of sp³-hybridized carbons (Fsp3) is 0.714. The van der Waals surface area contributed by atoms with E-state index in [2.05, 4.69) is 5.32 Å². The van der Waals surface area contributed by atoms with E-state index in [9.17, 15) is 24.3 Å². The molecule has 2 N–H and O–H groups in total. The van der Waals surface area contributed by atoms with Crippen LogP contribution in [0.5, 0.6) is 0 Å². The number of likely N-dealkylation sites (tertiary alicyclic amines) is 1. The number of amides is 2. The lowest BCUT2D eigenvalue weighted by molar-refractivity contribution is -0.148. The summed E-state index contributed by atoms with van der Waals surface area (Å²) in [6.45, 7) is 5.29. The van der Waals surface area contributed by atoms with E-state index in [4.69, 9.17) is 4.74 Å². The molecule has 1 heterocycles. The van der Waals surface area contributed by atoms with Gasteiger partial charge in [0.2, 0.25) is 5.91 Å². The Morgan fingerprint density at radius 3 is 2.45 bits per heavy atom. The summed E-state index contributed by atoms with van der Waals surface area (Å²) in [6, 6.07) is -1.04. The molecule has 0 aliphatic carbocycles. The van der Waals surface area contributed by atoms with Crippen LogP contribution in [0.3, 0.4) is 0 Å². The third-order valence-electron chi connectivity index (χ3n) is 3.00. The predicted octanol–water partition coefficient (Wildman–Crippen LogP) is 0.546. The Balaban J connectivity index is 2.40. The topological polar surface area (TPSA) is 113 Å². The number of alkyl carbamates (subject to hydrolysis) is 1. The molecule has 0 bridgehead atoms. The Bertz CT molecular complexity index is 468. The molecule has 2 amide bonds. The summed E-state index contributed by atoms with van der Waals surface area (Å²) in [7, 11) is 0. The van der Waals surface area contributed by atoms with Gasteiger partial charge >= 0.3 is 12.1 Å². The number of Topliss-reactive ketones (excluding diaryl/α,β-unsaturated/α-hetero) is 1. The summed E-state index contributed by atoms with van der Waals surface area (Å²) >= 11 is 0. The van der Waals surface area contributed by atoms with Gasteiger partial charge in [0.1, 0.15) is 11.6 Å². The molecule has 1 aliphatic rings. The second kappa shape index (κ2) is 7.24. The molecule has 1 rings (SSSR count). The molecule has 0 aromatic carbocycles. The summed E-state index contributed by atoms with van der Waals surface area (Å²) in [5.41, 5.74) is -0.601. The van der Waals surface area contributed by atoms with Gasteiger partial charge in [-0.3, -0.25) is 9.59 Å². The molecule has 0 aromatic heterocycles. The molecule has 0 spiro atoms. The lowest BCUT2D eigenvalue weighted by Gasteiger charge is -2.23. The van der Waals surface area contributed by atoms with E-state index in [1.54, 1.807) is 20.8 Å². The maximum Gasteiger partial charge on any atom is 0.407 e. The van der Waals surface area contributed by atoms with Gasteiger partial charge in [0, 0.05) is 6.54 Å². The van der Waals surface area contributed by atoms with Gasteiger partial charge in [-0.2, -0.15) is 0 Å². The molecule has 1 fully saturated rings. The monoisotopic (exact) mass is 314 g/mol. The molecule has 1 atom stereocenters. The first-order valence-electron chi connectivity index (χ1n) is 7.11. The Morgan fingerprint density at radius 2 is 2.00 bits per heavy atom. The van der Waals surface area contributed by atoms with E-state index in [0.717, 1.165) is 4.90 Å². The number of ketones is 1.